The summed E-state index contributed by atoms with van der Waals surface area (Å²) in [7, 11) is 0. The van der Waals surface area contributed by atoms with Crippen LogP contribution in [0.3, 0.4) is 0 Å². The topological polar surface area (TPSA) is 55.4 Å². The highest BCUT2D eigenvalue weighted by atomic mass is 16.5. The van der Waals surface area contributed by atoms with Gasteiger partial charge in [0, 0.05) is 5.56 Å². The van der Waals surface area contributed by atoms with Crippen molar-refractivity contribution in [1.82, 2.24) is 5.32 Å². The van der Waals surface area contributed by atoms with Crippen molar-refractivity contribution >= 4 is 11.9 Å². The summed E-state index contributed by atoms with van der Waals surface area (Å²) in [6.45, 7) is 7.98. The van der Waals surface area contributed by atoms with Gasteiger partial charge >= 0.3 is 5.97 Å². The largest absolute Gasteiger partial charge is 0.459 e. The molecule has 1 atom stereocenters. The van der Waals surface area contributed by atoms with Crippen LogP contribution in [0.15, 0.2) is 48.5 Å². The summed E-state index contributed by atoms with van der Waals surface area (Å²) in [4.78, 5) is 24.8. The van der Waals surface area contributed by atoms with Gasteiger partial charge in [0.15, 0.2) is 0 Å². The normalized spacial score (nSPS) is 11.9. The van der Waals surface area contributed by atoms with Crippen molar-refractivity contribution in [2.45, 2.75) is 40.3 Å². The highest BCUT2D eigenvalue weighted by molar-refractivity contribution is 5.96. The zero-order valence-electron chi connectivity index (χ0n) is 15.2. The predicted molar refractivity (Wildman–Crippen MR) is 98.2 cm³/mol. The number of aryl methyl sites for hydroxylation is 2. The third-order valence-corrected chi connectivity index (χ3v) is 3.91. The fraction of sp³-hybridized carbons (Fsp3) is 0.333. The van der Waals surface area contributed by atoms with E-state index in [9.17, 15) is 9.59 Å². The SMILES string of the molecule is Cc1cc(C)cc(COC(=O)[C@@H](NC(=O)c2ccccc2)C(C)C)c1. The van der Waals surface area contributed by atoms with Crippen LogP contribution in [0.1, 0.15) is 40.9 Å². The van der Waals surface area contributed by atoms with E-state index in [1.54, 1.807) is 24.3 Å². The van der Waals surface area contributed by atoms with Gasteiger partial charge < -0.3 is 10.1 Å². The average molecular weight is 339 g/mol. The zero-order chi connectivity index (χ0) is 18.4. The van der Waals surface area contributed by atoms with E-state index in [2.05, 4.69) is 11.4 Å². The van der Waals surface area contributed by atoms with Gasteiger partial charge in [0.05, 0.1) is 0 Å². The van der Waals surface area contributed by atoms with Crippen molar-refractivity contribution in [2.24, 2.45) is 5.92 Å². The first-order valence-electron chi connectivity index (χ1n) is 8.46. The molecule has 0 fully saturated rings. The maximum absolute atomic E-state index is 12.5. The monoisotopic (exact) mass is 339 g/mol. The smallest absolute Gasteiger partial charge is 0.329 e. The molecule has 2 aromatic rings. The number of hydrogen-bond donors (Lipinski definition) is 1. The van der Waals surface area contributed by atoms with Crippen LogP contribution in [-0.2, 0) is 16.1 Å². The van der Waals surface area contributed by atoms with E-state index in [0.29, 0.717) is 5.56 Å². The van der Waals surface area contributed by atoms with E-state index in [-0.39, 0.29) is 18.4 Å². The number of rotatable bonds is 6. The lowest BCUT2D eigenvalue weighted by Gasteiger charge is -2.21. The van der Waals surface area contributed by atoms with Gasteiger partial charge in [-0.25, -0.2) is 4.79 Å². The number of carbonyl (C=O) groups excluding carboxylic acids is 2. The second-order valence-corrected chi connectivity index (χ2v) is 6.66. The second-order valence-electron chi connectivity index (χ2n) is 6.66. The van der Waals surface area contributed by atoms with Gasteiger partial charge in [0.1, 0.15) is 12.6 Å². The molecule has 132 valence electrons. The molecule has 0 aliphatic rings. The first-order valence-corrected chi connectivity index (χ1v) is 8.46. The van der Waals surface area contributed by atoms with Crippen LogP contribution >= 0.6 is 0 Å². The van der Waals surface area contributed by atoms with Crippen LogP contribution < -0.4 is 5.32 Å². The molecule has 2 rings (SSSR count). The molecule has 25 heavy (non-hydrogen) atoms. The van der Waals surface area contributed by atoms with Crippen LogP contribution in [0, 0.1) is 19.8 Å². The first-order chi connectivity index (χ1) is 11.9. The lowest BCUT2D eigenvalue weighted by Crippen LogP contribution is -2.45. The number of hydrogen-bond acceptors (Lipinski definition) is 3. The number of benzene rings is 2. The summed E-state index contributed by atoms with van der Waals surface area (Å²) in [6, 6.07) is 14.2. The number of esters is 1. The molecular formula is C21H25NO3. The van der Waals surface area contributed by atoms with Crippen molar-refractivity contribution in [3.8, 4) is 0 Å². The molecule has 0 aliphatic carbocycles. The maximum atomic E-state index is 12.5. The van der Waals surface area contributed by atoms with Crippen molar-refractivity contribution in [3.63, 3.8) is 0 Å². The van der Waals surface area contributed by atoms with Crippen LogP contribution in [0.5, 0.6) is 0 Å². The number of nitrogens with one attached hydrogen (secondary N) is 1. The molecular weight excluding hydrogens is 314 g/mol. The molecule has 0 saturated heterocycles. The minimum Gasteiger partial charge on any atom is -0.459 e. The average Bonchev–Trinajstić information content (AvgIpc) is 2.57. The van der Waals surface area contributed by atoms with Gasteiger partial charge in [-0.1, -0.05) is 61.4 Å². The lowest BCUT2D eigenvalue weighted by atomic mass is 10.0. The Morgan fingerprint density at radius 3 is 2.16 bits per heavy atom. The Labute approximate surface area is 149 Å². The Balaban J connectivity index is 2.01. The molecule has 0 bridgehead atoms. The second kappa shape index (κ2) is 8.47. The molecule has 0 aliphatic heterocycles. The molecule has 1 N–H and O–H groups in total. The Morgan fingerprint density at radius 1 is 1.00 bits per heavy atom. The first kappa shape index (κ1) is 18.7. The van der Waals surface area contributed by atoms with Crippen molar-refractivity contribution in [3.05, 3.63) is 70.8 Å². The van der Waals surface area contributed by atoms with Gasteiger partial charge in [0.25, 0.3) is 5.91 Å². The third kappa shape index (κ3) is 5.45. The minimum absolute atomic E-state index is 0.0700. The molecule has 0 heterocycles. The van der Waals surface area contributed by atoms with Gasteiger partial charge in [-0.2, -0.15) is 0 Å². The van der Waals surface area contributed by atoms with Gasteiger partial charge in [-0.05, 0) is 37.5 Å². The summed E-state index contributed by atoms with van der Waals surface area (Å²) in [5.74, 6) is -0.763. The Kier molecular flexibility index (Phi) is 6.34. The Morgan fingerprint density at radius 2 is 1.60 bits per heavy atom. The van der Waals surface area contributed by atoms with Gasteiger partial charge in [-0.3, -0.25) is 4.79 Å². The number of carbonyl (C=O) groups is 2. The van der Waals surface area contributed by atoms with E-state index in [1.807, 2.05) is 45.9 Å². The summed E-state index contributed by atoms with van der Waals surface area (Å²) in [6.07, 6.45) is 0. The van der Waals surface area contributed by atoms with E-state index < -0.39 is 12.0 Å². The van der Waals surface area contributed by atoms with Gasteiger partial charge in [-0.15, -0.1) is 0 Å². The standard InChI is InChI=1S/C21H25NO3/c1-14(2)19(22-20(23)18-8-6-5-7-9-18)21(24)25-13-17-11-15(3)10-16(4)12-17/h5-12,14,19H,13H2,1-4H3,(H,22,23)/t19-/m0/s1. The summed E-state index contributed by atoms with van der Waals surface area (Å²) in [5.41, 5.74) is 3.73. The zero-order valence-corrected chi connectivity index (χ0v) is 15.2. The van der Waals surface area contributed by atoms with E-state index in [1.165, 1.54) is 0 Å². The highest BCUT2D eigenvalue weighted by Crippen LogP contribution is 2.12. The molecule has 0 radical (unpaired) electrons. The minimum atomic E-state index is -0.682. The maximum Gasteiger partial charge on any atom is 0.329 e. The summed E-state index contributed by atoms with van der Waals surface area (Å²) >= 11 is 0. The van der Waals surface area contributed by atoms with E-state index in [0.717, 1.165) is 16.7 Å². The van der Waals surface area contributed by atoms with Gasteiger partial charge in [0.2, 0.25) is 0 Å². The summed E-state index contributed by atoms with van der Waals surface area (Å²) in [5, 5.41) is 2.78. The Bertz CT molecular complexity index is 718. The van der Waals surface area contributed by atoms with E-state index in [4.69, 9.17) is 4.74 Å². The fourth-order valence-corrected chi connectivity index (χ4v) is 2.71. The van der Waals surface area contributed by atoms with Crippen molar-refractivity contribution in [1.29, 1.82) is 0 Å². The molecule has 0 aromatic heterocycles. The Hall–Kier alpha value is -2.62. The van der Waals surface area contributed by atoms with Crippen LogP contribution in [0.25, 0.3) is 0 Å². The van der Waals surface area contributed by atoms with Crippen molar-refractivity contribution in [2.75, 3.05) is 0 Å². The van der Waals surface area contributed by atoms with Crippen LogP contribution in [-0.4, -0.2) is 17.9 Å². The quantitative estimate of drug-likeness (QED) is 0.815. The fourth-order valence-electron chi connectivity index (χ4n) is 2.71. The number of ether oxygens (including phenoxy) is 1. The van der Waals surface area contributed by atoms with Crippen molar-refractivity contribution < 1.29 is 14.3 Å². The molecule has 2 aromatic carbocycles. The summed E-state index contributed by atoms with van der Waals surface area (Å²) < 4.78 is 5.44. The highest BCUT2D eigenvalue weighted by Gasteiger charge is 2.26. The molecule has 4 heteroatoms. The van der Waals surface area contributed by atoms with Crippen LogP contribution in [0.4, 0.5) is 0 Å². The third-order valence-electron chi connectivity index (χ3n) is 3.91. The number of amides is 1. The molecule has 4 nitrogen and oxygen atoms in total. The predicted octanol–water partition coefficient (Wildman–Crippen LogP) is 3.80. The molecule has 0 unspecified atom stereocenters. The molecule has 1 amide bonds. The van der Waals surface area contributed by atoms with Crippen LogP contribution in [0.2, 0.25) is 0 Å². The lowest BCUT2D eigenvalue weighted by molar-refractivity contribution is -0.148. The van der Waals surface area contributed by atoms with E-state index >= 15 is 0 Å². The molecule has 0 spiro atoms. The molecule has 0 saturated carbocycles.